The third-order valence-electron chi connectivity index (χ3n) is 5.14. The van der Waals surface area contributed by atoms with Crippen LogP contribution in [0.5, 0.6) is 0 Å². The van der Waals surface area contributed by atoms with Gasteiger partial charge in [-0.3, -0.25) is 9.36 Å². The zero-order valence-corrected chi connectivity index (χ0v) is 17.9. The minimum Gasteiger partial charge on any atom is -0.464 e. The second-order valence-electron chi connectivity index (χ2n) is 7.56. The van der Waals surface area contributed by atoms with Crippen LogP contribution in [-0.4, -0.2) is 58.6 Å². The van der Waals surface area contributed by atoms with Crippen molar-refractivity contribution in [3.8, 4) is 0 Å². The molecule has 176 valence electrons. The van der Waals surface area contributed by atoms with Crippen molar-refractivity contribution in [1.82, 2.24) is 9.55 Å². The Hall–Kier alpha value is -3.19. The van der Waals surface area contributed by atoms with E-state index in [1.54, 1.807) is 6.92 Å². The first-order valence-corrected chi connectivity index (χ1v) is 10.2. The molecule has 2 aliphatic rings. The maximum Gasteiger partial charge on any atom is 0.509 e. The zero-order valence-electron chi connectivity index (χ0n) is 17.9. The fourth-order valence-corrected chi connectivity index (χ4v) is 3.12. The zero-order chi connectivity index (χ0) is 23.4. The fraction of sp³-hybridized carbons (Fsp3) is 0.632. The van der Waals surface area contributed by atoms with E-state index in [2.05, 4.69) is 10.5 Å². The van der Waals surface area contributed by atoms with Crippen LogP contribution in [0.1, 0.15) is 39.8 Å². The molecule has 1 aromatic heterocycles. The monoisotopic (exact) mass is 454 g/mol. The maximum atomic E-state index is 12.5. The summed E-state index contributed by atoms with van der Waals surface area (Å²) in [5.74, 6) is -1.35. The Morgan fingerprint density at radius 2 is 1.97 bits per heavy atom. The molecule has 6 atom stereocenters. The number of rotatable bonds is 9. The highest BCUT2D eigenvalue weighted by molar-refractivity contribution is 5.74. The number of hydrogen-bond acceptors (Lipinski definition) is 12. The fourth-order valence-electron chi connectivity index (χ4n) is 3.12. The largest absolute Gasteiger partial charge is 0.509 e. The minimum absolute atomic E-state index is 0.0178. The van der Waals surface area contributed by atoms with Gasteiger partial charge in [-0.05, 0) is 13.3 Å². The first kappa shape index (κ1) is 23.5. The Bertz CT molecular complexity index is 918. The van der Waals surface area contributed by atoms with Crippen LogP contribution in [0.15, 0.2) is 17.1 Å². The highest BCUT2D eigenvalue weighted by Gasteiger charge is 2.55. The quantitative estimate of drug-likeness (QED) is 0.296. The smallest absolute Gasteiger partial charge is 0.464 e. The van der Waals surface area contributed by atoms with Crippen molar-refractivity contribution in [2.75, 3.05) is 12.1 Å². The lowest BCUT2D eigenvalue weighted by molar-refractivity contribution is -0.146. The molecule has 0 bridgehead atoms. The van der Waals surface area contributed by atoms with E-state index in [1.807, 2.05) is 6.92 Å². The van der Waals surface area contributed by atoms with Gasteiger partial charge in [-0.15, -0.1) is 0 Å². The first-order valence-electron chi connectivity index (χ1n) is 10.2. The lowest BCUT2D eigenvalue weighted by atomic mass is 10.1. The van der Waals surface area contributed by atoms with Crippen LogP contribution in [0.2, 0.25) is 0 Å². The lowest BCUT2D eigenvalue weighted by Gasteiger charge is -2.18. The predicted octanol–water partition coefficient (Wildman–Crippen LogP) is 0.241. The van der Waals surface area contributed by atoms with Gasteiger partial charge in [-0.25, -0.2) is 19.9 Å². The molecule has 2 aliphatic heterocycles. The van der Waals surface area contributed by atoms with Gasteiger partial charge in [0.1, 0.15) is 12.1 Å². The van der Waals surface area contributed by atoms with Gasteiger partial charge in [0, 0.05) is 18.7 Å². The van der Waals surface area contributed by atoms with E-state index in [4.69, 9.17) is 29.5 Å². The van der Waals surface area contributed by atoms with E-state index in [1.165, 1.54) is 19.2 Å². The number of ether oxygens (including phenoxy) is 4. The molecule has 0 aromatic carbocycles. The van der Waals surface area contributed by atoms with Crippen LogP contribution < -0.4 is 16.9 Å². The van der Waals surface area contributed by atoms with Crippen molar-refractivity contribution < 1.29 is 38.2 Å². The summed E-state index contributed by atoms with van der Waals surface area (Å²) in [6, 6.07) is 0.632. The molecule has 2 fully saturated rings. The van der Waals surface area contributed by atoms with E-state index >= 15 is 0 Å². The minimum atomic E-state index is -1.00. The van der Waals surface area contributed by atoms with E-state index in [0.717, 1.165) is 4.57 Å². The van der Waals surface area contributed by atoms with Gasteiger partial charge in [0.25, 0.3) is 0 Å². The van der Waals surface area contributed by atoms with Gasteiger partial charge in [-0.2, -0.15) is 4.98 Å². The predicted molar refractivity (Wildman–Crippen MR) is 106 cm³/mol. The Labute approximate surface area is 183 Å². The van der Waals surface area contributed by atoms with Gasteiger partial charge in [0.05, 0.1) is 12.5 Å². The molecule has 1 aromatic rings. The number of fused-ring (bicyclic) bond motifs is 1. The average molecular weight is 454 g/mol. The van der Waals surface area contributed by atoms with Crippen molar-refractivity contribution in [1.29, 1.82) is 0 Å². The summed E-state index contributed by atoms with van der Waals surface area (Å²) in [7, 11) is 0. The molecule has 0 aliphatic carbocycles. The maximum absolute atomic E-state index is 12.5. The number of nitrogens with one attached hydrogen (secondary N) is 1. The second kappa shape index (κ2) is 9.96. The van der Waals surface area contributed by atoms with E-state index in [9.17, 15) is 19.2 Å². The number of anilines is 1. The molecule has 13 heteroatoms. The van der Waals surface area contributed by atoms with Crippen molar-refractivity contribution in [2.45, 2.75) is 64.2 Å². The Kier molecular flexibility index (Phi) is 7.30. The van der Waals surface area contributed by atoms with Crippen LogP contribution in [0.4, 0.5) is 10.6 Å². The van der Waals surface area contributed by atoms with Crippen LogP contribution in [-0.2, 0) is 33.4 Å². The molecular weight excluding hydrogens is 428 g/mol. The molecular formula is C19H26N4O9. The third-order valence-corrected chi connectivity index (χ3v) is 5.14. The molecule has 3 N–H and O–H groups in total. The molecule has 0 amide bonds. The number of carbonyl (C=O) groups excluding carboxylic acids is 3. The summed E-state index contributed by atoms with van der Waals surface area (Å²) in [6.45, 7) is 5.03. The standard InChI is InChI=1S/C19H26N4O9/c1-4-9(2)16(24)32-22-12-5-7-23(18(26)21-12)15-14-13(30-19(27)31-14)11(29-15)6-8-28-17(25)10(3)20/h5,7,9-11,13-15H,4,6,8,20H2,1-3H3,(H,21,22,26)/t9-,10+,11+,13+,14+,15+/m0/s1. The number of nitrogens with two attached hydrogens (primary N) is 1. The van der Waals surface area contributed by atoms with Gasteiger partial charge in [-0.1, -0.05) is 13.8 Å². The van der Waals surface area contributed by atoms with Gasteiger partial charge in [0.15, 0.2) is 24.3 Å². The summed E-state index contributed by atoms with van der Waals surface area (Å²) >= 11 is 0. The molecule has 0 spiro atoms. The molecule has 13 nitrogen and oxygen atoms in total. The molecule has 32 heavy (non-hydrogen) atoms. The summed E-state index contributed by atoms with van der Waals surface area (Å²) in [4.78, 5) is 56.2. The first-order chi connectivity index (χ1) is 15.2. The lowest BCUT2D eigenvalue weighted by Crippen LogP contribution is -2.34. The van der Waals surface area contributed by atoms with E-state index in [0.29, 0.717) is 6.42 Å². The van der Waals surface area contributed by atoms with Crippen LogP contribution in [0.3, 0.4) is 0 Å². The second-order valence-corrected chi connectivity index (χ2v) is 7.56. The summed E-state index contributed by atoms with van der Waals surface area (Å²) in [5, 5.41) is 0. The Balaban J connectivity index is 1.67. The molecule has 3 heterocycles. The van der Waals surface area contributed by atoms with Crippen molar-refractivity contribution in [3.63, 3.8) is 0 Å². The number of aromatic nitrogens is 2. The van der Waals surface area contributed by atoms with Crippen LogP contribution in [0, 0.1) is 5.92 Å². The third kappa shape index (κ3) is 5.16. The summed E-state index contributed by atoms with van der Waals surface area (Å²) < 4.78 is 22.4. The van der Waals surface area contributed by atoms with Crippen molar-refractivity contribution in [3.05, 3.63) is 22.7 Å². The van der Waals surface area contributed by atoms with Crippen molar-refractivity contribution >= 4 is 23.9 Å². The number of nitrogens with zero attached hydrogens (tertiary/aromatic N) is 2. The average Bonchev–Trinajstić information content (AvgIpc) is 3.29. The number of carbonyl (C=O) groups is 3. The van der Waals surface area contributed by atoms with E-state index in [-0.39, 0.29) is 24.8 Å². The van der Waals surface area contributed by atoms with Gasteiger partial charge >= 0.3 is 23.8 Å². The normalized spacial score (nSPS) is 25.8. The Morgan fingerprint density at radius 1 is 1.25 bits per heavy atom. The molecule has 2 saturated heterocycles. The van der Waals surface area contributed by atoms with E-state index < -0.39 is 54.4 Å². The molecule has 0 unspecified atom stereocenters. The summed E-state index contributed by atoms with van der Waals surface area (Å²) in [6.07, 6.45) is -2.09. The highest BCUT2D eigenvalue weighted by Crippen LogP contribution is 2.38. The molecule has 0 saturated carbocycles. The van der Waals surface area contributed by atoms with Gasteiger partial charge < -0.3 is 29.5 Å². The van der Waals surface area contributed by atoms with Crippen LogP contribution in [0.25, 0.3) is 0 Å². The number of hydrogen-bond donors (Lipinski definition) is 2. The van der Waals surface area contributed by atoms with Crippen LogP contribution >= 0.6 is 0 Å². The summed E-state index contributed by atoms with van der Waals surface area (Å²) in [5.41, 5.74) is 7.06. The number of esters is 1. The van der Waals surface area contributed by atoms with Gasteiger partial charge in [0.2, 0.25) is 0 Å². The molecule has 0 radical (unpaired) electrons. The highest BCUT2D eigenvalue weighted by atomic mass is 16.8. The topological polar surface area (TPSA) is 170 Å². The molecule has 3 rings (SSSR count). The Morgan fingerprint density at radius 3 is 2.62 bits per heavy atom. The van der Waals surface area contributed by atoms with Crippen molar-refractivity contribution in [2.24, 2.45) is 11.7 Å². The SMILES string of the molecule is CC[C@H](C)C(=O)ONc1ccn([C@@H]2O[C@H](CCOC(=O)[C@@H](C)N)[C@H]3OC(=O)O[C@H]32)c(=O)n1.